The number of aryl methyl sites for hydroxylation is 2. The Morgan fingerprint density at radius 1 is 1.09 bits per heavy atom. The van der Waals surface area contributed by atoms with Crippen molar-refractivity contribution in [1.29, 1.82) is 0 Å². The van der Waals surface area contributed by atoms with Gasteiger partial charge in [-0.1, -0.05) is 31.5 Å². The van der Waals surface area contributed by atoms with E-state index in [0.717, 1.165) is 29.8 Å². The number of benzene rings is 1. The molecule has 4 rings (SSSR count). The smallest absolute Gasteiger partial charge is 0.238 e. The van der Waals surface area contributed by atoms with E-state index < -0.39 is 0 Å². The minimum atomic E-state index is -0.227. The van der Waals surface area contributed by atoms with Crippen molar-refractivity contribution in [1.82, 2.24) is 24.7 Å². The molecule has 0 spiro atoms. The SMILES string of the molecule is CCC[C@H](Nc1nnc(-c2ccc(-n3cnc(C)c3)c(OC)n2)cc1C)c1ccccc1F. The standard InChI is InChI=1S/C25H27FN6O/c1-5-8-20(18-9-6-7-10-19(18)26)28-24-16(2)13-22(30-31-24)21-11-12-23(25(29-21)33-4)32-14-17(3)27-15-32/h6-7,9-15,20H,5,8H2,1-4H3,(H,28,31)/t20-/m0/s1. The number of ether oxygens (including phenoxy) is 1. The van der Waals surface area contributed by atoms with Crippen LogP contribution in [-0.2, 0) is 0 Å². The fraction of sp³-hybridized carbons (Fsp3) is 0.280. The largest absolute Gasteiger partial charge is 0.479 e. The summed E-state index contributed by atoms with van der Waals surface area (Å²) in [5.74, 6) is 0.863. The van der Waals surface area contributed by atoms with Crippen molar-refractivity contribution in [2.75, 3.05) is 12.4 Å². The molecule has 0 aliphatic heterocycles. The molecule has 0 saturated carbocycles. The highest BCUT2D eigenvalue weighted by atomic mass is 19.1. The van der Waals surface area contributed by atoms with Crippen LogP contribution in [0, 0.1) is 19.7 Å². The summed E-state index contributed by atoms with van der Waals surface area (Å²) in [6.07, 6.45) is 5.31. The van der Waals surface area contributed by atoms with Crippen LogP contribution in [0.4, 0.5) is 10.2 Å². The van der Waals surface area contributed by atoms with Gasteiger partial charge in [-0.2, -0.15) is 0 Å². The highest BCUT2D eigenvalue weighted by molar-refractivity contribution is 5.61. The molecular weight excluding hydrogens is 419 g/mol. The lowest BCUT2D eigenvalue weighted by Gasteiger charge is -2.20. The lowest BCUT2D eigenvalue weighted by atomic mass is 10.0. The minimum absolute atomic E-state index is 0.189. The van der Waals surface area contributed by atoms with Crippen molar-refractivity contribution in [2.45, 2.75) is 39.7 Å². The number of hydrogen-bond donors (Lipinski definition) is 1. The zero-order valence-electron chi connectivity index (χ0n) is 19.2. The first-order chi connectivity index (χ1) is 16.0. The van der Waals surface area contributed by atoms with Crippen LogP contribution >= 0.6 is 0 Å². The number of rotatable bonds is 8. The van der Waals surface area contributed by atoms with Gasteiger partial charge >= 0.3 is 0 Å². The molecule has 0 unspecified atom stereocenters. The molecule has 3 aromatic heterocycles. The summed E-state index contributed by atoms with van der Waals surface area (Å²) in [7, 11) is 1.58. The van der Waals surface area contributed by atoms with Gasteiger partial charge in [0, 0.05) is 11.8 Å². The number of nitrogens with one attached hydrogen (secondary N) is 1. The first kappa shape index (κ1) is 22.4. The van der Waals surface area contributed by atoms with Crippen LogP contribution in [0.3, 0.4) is 0 Å². The molecule has 33 heavy (non-hydrogen) atoms. The van der Waals surface area contributed by atoms with E-state index in [4.69, 9.17) is 4.74 Å². The third kappa shape index (κ3) is 4.84. The van der Waals surface area contributed by atoms with Gasteiger partial charge in [0.2, 0.25) is 5.88 Å². The molecule has 0 aliphatic carbocycles. The predicted octanol–water partition coefficient (Wildman–Crippen LogP) is 5.44. The molecule has 0 saturated heterocycles. The molecule has 1 N–H and O–H groups in total. The summed E-state index contributed by atoms with van der Waals surface area (Å²) in [6, 6.07) is 12.4. The van der Waals surface area contributed by atoms with Gasteiger partial charge in [0.25, 0.3) is 0 Å². The van der Waals surface area contributed by atoms with Gasteiger partial charge in [0.1, 0.15) is 17.2 Å². The Balaban J connectivity index is 1.61. The number of methoxy groups -OCH3 is 1. The number of aromatic nitrogens is 5. The number of hydrogen-bond acceptors (Lipinski definition) is 6. The summed E-state index contributed by atoms with van der Waals surface area (Å²) in [4.78, 5) is 8.89. The third-order valence-electron chi connectivity index (χ3n) is 5.44. The predicted molar refractivity (Wildman–Crippen MR) is 126 cm³/mol. The molecule has 0 bridgehead atoms. The van der Waals surface area contributed by atoms with E-state index in [1.54, 1.807) is 25.6 Å². The molecule has 0 fully saturated rings. The first-order valence-corrected chi connectivity index (χ1v) is 10.9. The van der Waals surface area contributed by atoms with Crippen molar-refractivity contribution in [3.8, 4) is 23.0 Å². The second-order valence-electron chi connectivity index (χ2n) is 7.92. The van der Waals surface area contributed by atoms with E-state index in [1.165, 1.54) is 6.07 Å². The molecular formula is C25H27FN6O. The van der Waals surface area contributed by atoms with E-state index in [9.17, 15) is 4.39 Å². The normalized spacial score (nSPS) is 11.9. The highest BCUT2D eigenvalue weighted by Gasteiger charge is 2.18. The molecule has 7 nitrogen and oxygen atoms in total. The number of pyridine rings is 1. The fourth-order valence-electron chi connectivity index (χ4n) is 3.75. The molecule has 1 atom stereocenters. The highest BCUT2D eigenvalue weighted by Crippen LogP contribution is 2.29. The Morgan fingerprint density at radius 2 is 1.91 bits per heavy atom. The Kier molecular flexibility index (Phi) is 6.63. The monoisotopic (exact) mass is 446 g/mol. The van der Waals surface area contributed by atoms with Crippen LogP contribution in [0.15, 0.2) is 55.0 Å². The van der Waals surface area contributed by atoms with Crippen molar-refractivity contribution in [2.24, 2.45) is 0 Å². The maximum atomic E-state index is 14.4. The summed E-state index contributed by atoms with van der Waals surface area (Å²) < 4.78 is 21.8. The maximum absolute atomic E-state index is 14.4. The average molecular weight is 447 g/mol. The van der Waals surface area contributed by atoms with Gasteiger partial charge in [-0.3, -0.25) is 0 Å². The van der Waals surface area contributed by atoms with E-state index in [-0.39, 0.29) is 11.9 Å². The first-order valence-electron chi connectivity index (χ1n) is 10.9. The van der Waals surface area contributed by atoms with Gasteiger partial charge in [0.15, 0.2) is 5.82 Å². The summed E-state index contributed by atoms with van der Waals surface area (Å²) in [5, 5.41) is 12.1. The second-order valence-corrected chi connectivity index (χ2v) is 7.92. The molecule has 8 heteroatoms. The quantitative estimate of drug-likeness (QED) is 0.388. The van der Waals surface area contributed by atoms with E-state index >= 15 is 0 Å². The number of anilines is 1. The molecule has 0 aliphatic rings. The minimum Gasteiger partial charge on any atom is -0.479 e. The Morgan fingerprint density at radius 3 is 2.58 bits per heavy atom. The molecule has 3 heterocycles. The van der Waals surface area contributed by atoms with Crippen LogP contribution in [0.5, 0.6) is 5.88 Å². The van der Waals surface area contributed by atoms with Gasteiger partial charge in [-0.15, -0.1) is 10.2 Å². The van der Waals surface area contributed by atoms with E-state index in [1.807, 2.05) is 48.9 Å². The van der Waals surface area contributed by atoms with Crippen LogP contribution in [-0.4, -0.2) is 31.8 Å². The molecule has 170 valence electrons. The van der Waals surface area contributed by atoms with Gasteiger partial charge < -0.3 is 14.6 Å². The molecule has 0 radical (unpaired) electrons. The van der Waals surface area contributed by atoms with Crippen molar-refractivity contribution in [3.63, 3.8) is 0 Å². The van der Waals surface area contributed by atoms with Crippen LogP contribution in [0.25, 0.3) is 17.1 Å². The van der Waals surface area contributed by atoms with Crippen LogP contribution < -0.4 is 10.1 Å². The zero-order chi connectivity index (χ0) is 23.4. The van der Waals surface area contributed by atoms with Crippen molar-refractivity contribution < 1.29 is 9.13 Å². The summed E-state index contributed by atoms with van der Waals surface area (Å²) >= 11 is 0. The lowest BCUT2D eigenvalue weighted by molar-refractivity contribution is 0.396. The maximum Gasteiger partial charge on any atom is 0.238 e. The molecule has 4 aromatic rings. The van der Waals surface area contributed by atoms with E-state index in [2.05, 4.69) is 32.4 Å². The summed E-state index contributed by atoms with van der Waals surface area (Å²) in [5.41, 5.74) is 4.49. The van der Waals surface area contributed by atoms with Crippen LogP contribution in [0.1, 0.15) is 42.6 Å². The number of halogens is 1. The second kappa shape index (κ2) is 9.77. The van der Waals surface area contributed by atoms with Gasteiger partial charge in [-0.05, 0) is 50.1 Å². The Bertz CT molecular complexity index is 1260. The van der Waals surface area contributed by atoms with Crippen molar-refractivity contribution in [3.05, 3.63) is 77.6 Å². The molecule has 1 aromatic carbocycles. The van der Waals surface area contributed by atoms with Crippen molar-refractivity contribution >= 4 is 5.82 Å². The Labute approximate surface area is 192 Å². The van der Waals surface area contributed by atoms with Crippen LogP contribution in [0.2, 0.25) is 0 Å². The van der Waals surface area contributed by atoms with Gasteiger partial charge in [0.05, 0.1) is 30.9 Å². The van der Waals surface area contributed by atoms with Gasteiger partial charge in [-0.25, -0.2) is 14.4 Å². The average Bonchev–Trinajstić information content (AvgIpc) is 3.26. The number of nitrogens with zero attached hydrogens (tertiary/aromatic N) is 5. The topological polar surface area (TPSA) is 77.8 Å². The Hall–Kier alpha value is -3.81. The fourth-order valence-corrected chi connectivity index (χ4v) is 3.75. The number of imidazole rings is 1. The zero-order valence-corrected chi connectivity index (χ0v) is 19.2. The molecule has 0 amide bonds. The third-order valence-corrected chi connectivity index (χ3v) is 5.44. The lowest BCUT2D eigenvalue weighted by Crippen LogP contribution is -2.14. The summed E-state index contributed by atoms with van der Waals surface area (Å²) in [6.45, 7) is 5.95. The van der Waals surface area contributed by atoms with E-state index in [0.29, 0.717) is 28.6 Å².